The minimum atomic E-state index is 0.949. The predicted octanol–water partition coefficient (Wildman–Crippen LogP) is 5.23. The molecule has 0 amide bonds. The number of piperidine rings is 1. The molecule has 2 heterocycles. The Morgan fingerprint density at radius 1 is 1.25 bits per heavy atom. The highest BCUT2D eigenvalue weighted by Gasteiger charge is 2.13. The zero-order chi connectivity index (χ0) is 17.5. The molecule has 1 saturated heterocycles. The Kier molecular flexibility index (Phi) is 6.53. The summed E-state index contributed by atoms with van der Waals surface area (Å²) in [4.78, 5) is 11.9. The van der Waals surface area contributed by atoms with Crippen LogP contribution in [0.2, 0.25) is 0 Å². The van der Waals surface area contributed by atoms with Crippen LogP contribution < -0.4 is 4.90 Å². The highest BCUT2D eigenvalue weighted by molar-refractivity contribution is 6.00. The first-order valence-corrected chi connectivity index (χ1v) is 8.80. The molecule has 0 aromatic carbocycles. The summed E-state index contributed by atoms with van der Waals surface area (Å²) in [5.74, 6) is 1.09. The molecule has 1 fully saturated rings. The van der Waals surface area contributed by atoms with E-state index in [0.29, 0.717) is 0 Å². The molecule has 1 aromatic heterocycles. The number of anilines is 1. The summed E-state index contributed by atoms with van der Waals surface area (Å²) in [5.41, 5.74) is 5.34. The maximum atomic E-state index is 4.79. The lowest BCUT2D eigenvalue weighted by Gasteiger charge is -2.28. The van der Waals surface area contributed by atoms with Crippen molar-refractivity contribution in [2.24, 2.45) is 4.99 Å². The third-order valence-electron chi connectivity index (χ3n) is 4.49. The van der Waals surface area contributed by atoms with Gasteiger partial charge in [0.15, 0.2) is 0 Å². The van der Waals surface area contributed by atoms with Gasteiger partial charge in [-0.15, -0.1) is 0 Å². The molecule has 3 heteroatoms. The van der Waals surface area contributed by atoms with E-state index in [2.05, 4.69) is 24.5 Å². The van der Waals surface area contributed by atoms with Gasteiger partial charge >= 0.3 is 0 Å². The summed E-state index contributed by atoms with van der Waals surface area (Å²) in [6, 6.07) is 2.19. The Labute approximate surface area is 146 Å². The van der Waals surface area contributed by atoms with Gasteiger partial charge in [0.25, 0.3) is 0 Å². The van der Waals surface area contributed by atoms with Gasteiger partial charge in [0.2, 0.25) is 0 Å². The highest BCUT2D eigenvalue weighted by atomic mass is 15.2. The third-order valence-corrected chi connectivity index (χ3v) is 4.49. The predicted molar refractivity (Wildman–Crippen MR) is 105 cm³/mol. The molecule has 0 atom stereocenters. The maximum absolute atomic E-state index is 4.79. The molecule has 0 unspecified atom stereocenters. The topological polar surface area (TPSA) is 28.5 Å². The molecule has 1 aromatic rings. The number of nitrogens with zero attached hydrogens (tertiary/aromatic N) is 3. The molecule has 24 heavy (non-hydrogen) atoms. The number of hydrogen-bond acceptors (Lipinski definition) is 3. The van der Waals surface area contributed by atoms with E-state index in [1.54, 1.807) is 0 Å². The molecule has 0 bridgehead atoms. The minimum Gasteiger partial charge on any atom is -0.357 e. The fraction of sp³-hybridized carbons (Fsp3) is 0.429. The Morgan fingerprint density at radius 3 is 2.54 bits per heavy atom. The molecule has 2 rings (SSSR count). The zero-order valence-electron chi connectivity index (χ0n) is 15.5. The summed E-state index contributed by atoms with van der Waals surface area (Å²) in [7, 11) is 0. The molecule has 0 aliphatic carbocycles. The molecule has 3 nitrogen and oxygen atoms in total. The fourth-order valence-corrected chi connectivity index (χ4v) is 2.98. The lowest BCUT2D eigenvalue weighted by atomic mass is 10.1. The third kappa shape index (κ3) is 4.44. The van der Waals surface area contributed by atoms with Gasteiger partial charge in [0, 0.05) is 30.6 Å². The van der Waals surface area contributed by atoms with Crippen LogP contribution in [-0.2, 0) is 0 Å². The Morgan fingerprint density at radius 2 is 1.96 bits per heavy atom. The summed E-state index contributed by atoms with van der Waals surface area (Å²) >= 11 is 0. The summed E-state index contributed by atoms with van der Waals surface area (Å²) in [6.07, 6.45) is 11.7. The van der Waals surface area contributed by atoms with E-state index in [-0.39, 0.29) is 0 Å². The first-order valence-electron chi connectivity index (χ1n) is 8.80. The smallest absolute Gasteiger partial charge is 0.128 e. The van der Waals surface area contributed by atoms with Crippen molar-refractivity contribution in [2.45, 2.75) is 47.0 Å². The van der Waals surface area contributed by atoms with Gasteiger partial charge < -0.3 is 4.90 Å². The van der Waals surface area contributed by atoms with Crippen LogP contribution in [0.15, 0.2) is 53.3 Å². The van der Waals surface area contributed by atoms with E-state index in [0.717, 1.165) is 41.5 Å². The van der Waals surface area contributed by atoms with Crippen molar-refractivity contribution in [2.75, 3.05) is 18.0 Å². The number of aromatic nitrogens is 1. The second-order valence-electron chi connectivity index (χ2n) is 6.37. The largest absolute Gasteiger partial charge is 0.357 e. The summed E-state index contributed by atoms with van der Waals surface area (Å²) in [5, 5.41) is 0. The number of aliphatic imine (C=N–C) groups is 1. The molecule has 0 radical (unpaired) electrons. The summed E-state index contributed by atoms with van der Waals surface area (Å²) in [6.45, 7) is 14.3. The number of allylic oxidation sites excluding steroid dienone is 4. The second kappa shape index (κ2) is 8.62. The van der Waals surface area contributed by atoms with Crippen LogP contribution in [0.1, 0.15) is 51.2 Å². The molecule has 128 valence electrons. The molecule has 0 N–H and O–H groups in total. The van der Waals surface area contributed by atoms with Gasteiger partial charge in [0.1, 0.15) is 5.82 Å². The zero-order valence-corrected chi connectivity index (χ0v) is 15.5. The van der Waals surface area contributed by atoms with E-state index in [1.165, 1.54) is 24.8 Å². The highest BCUT2D eigenvalue weighted by Crippen LogP contribution is 2.21. The first-order chi connectivity index (χ1) is 11.6. The van der Waals surface area contributed by atoms with Crippen LogP contribution in [0.25, 0.3) is 0 Å². The number of hydrogen-bond donors (Lipinski definition) is 0. The lowest BCUT2D eigenvalue weighted by Crippen LogP contribution is -2.30. The molecule has 0 saturated carbocycles. The standard InChI is InChI=1S/C21H29N3/c1-6-11-20(16(3)7-2)23-18(5)19-15-22-21(14-17(19)4)24-12-9-8-10-13-24/h6-7,11,14-15H,2,8-10,12-13H2,1,3-5H3/b11-6-,20-16+,23-18?. The van der Waals surface area contributed by atoms with E-state index in [9.17, 15) is 0 Å². The Bertz CT molecular complexity index is 674. The van der Waals surface area contributed by atoms with Gasteiger partial charge in [-0.1, -0.05) is 18.7 Å². The quantitative estimate of drug-likeness (QED) is 0.548. The van der Waals surface area contributed by atoms with E-state index in [1.807, 2.05) is 45.2 Å². The molecule has 0 spiro atoms. The molecule has 1 aliphatic rings. The lowest BCUT2D eigenvalue weighted by molar-refractivity contribution is 0.573. The molecular formula is C21H29N3. The van der Waals surface area contributed by atoms with Crippen molar-refractivity contribution in [3.05, 3.63) is 59.5 Å². The van der Waals surface area contributed by atoms with Crippen molar-refractivity contribution in [1.29, 1.82) is 0 Å². The maximum Gasteiger partial charge on any atom is 0.128 e. The van der Waals surface area contributed by atoms with Crippen molar-refractivity contribution in [1.82, 2.24) is 4.98 Å². The monoisotopic (exact) mass is 323 g/mol. The van der Waals surface area contributed by atoms with Crippen molar-refractivity contribution < 1.29 is 0 Å². The van der Waals surface area contributed by atoms with Crippen molar-refractivity contribution >= 4 is 11.5 Å². The van der Waals surface area contributed by atoms with Crippen LogP contribution in [0.3, 0.4) is 0 Å². The van der Waals surface area contributed by atoms with Gasteiger partial charge in [-0.05, 0) is 70.2 Å². The first kappa shape index (κ1) is 18.2. The minimum absolute atomic E-state index is 0.949. The fourth-order valence-electron chi connectivity index (χ4n) is 2.98. The number of aryl methyl sites for hydroxylation is 1. The van der Waals surface area contributed by atoms with Gasteiger partial charge in [-0.25, -0.2) is 4.98 Å². The van der Waals surface area contributed by atoms with Gasteiger partial charge in [-0.2, -0.15) is 0 Å². The van der Waals surface area contributed by atoms with E-state index >= 15 is 0 Å². The number of pyridine rings is 1. The SMILES string of the molecule is C=C/C(C)=C(\C=C/C)N=C(C)c1cnc(N2CCCCC2)cc1C. The van der Waals surface area contributed by atoms with Crippen LogP contribution >= 0.6 is 0 Å². The summed E-state index contributed by atoms with van der Waals surface area (Å²) < 4.78 is 0. The van der Waals surface area contributed by atoms with E-state index < -0.39 is 0 Å². The number of rotatable bonds is 5. The second-order valence-corrected chi connectivity index (χ2v) is 6.37. The molecule has 1 aliphatic heterocycles. The average Bonchev–Trinajstić information content (AvgIpc) is 2.61. The van der Waals surface area contributed by atoms with Crippen molar-refractivity contribution in [3.8, 4) is 0 Å². The van der Waals surface area contributed by atoms with Crippen LogP contribution in [-0.4, -0.2) is 23.8 Å². The van der Waals surface area contributed by atoms with Crippen molar-refractivity contribution in [3.63, 3.8) is 0 Å². The van der Waals surface area contributed by atoms with Gasteiger partial charge in [-0.3, -0.25) is 4.99 Å². The van der Waals surface area contributed by atoms with Crippen LogP contribution in [0.5, 0.6) is 0 Å². The van der Waals surface area contributed by atoms with Crippen LogP contribution in [0, 0.1) is 6.92 Å². The Balaban J connectivity index is 2.30. The Hall–Kier alpha value is -2.16. The van der Waals surface area contributed by atoms with Gasteiger partial charge in [0.05, 0.1) is 5.70 Å². The van der Waals surface area contributed by atoms with Crippen LogP contribution in [0.4, 0.5) is 5.82 Å². The van der Waals surface area contributed by atoms with E-state index in [4.69, 9.17) is 9.98 Å². The normalized spacial score (nSPS) is 17.2. The molecular weight excluding hydrogens is 294 g/mol. The average molecular weight is 323 g/mol.